The molecule has 1 unspecified atom stereocenters. The summed E-state index contributed by atoms with van der Waals surface area (Å²) in [5, 5.41) is 2.70. The molecule has 1 heterocycles. The molecule has 1 fully saturated rings. The number of carbonyl (C=O) groups is 2. The van der Waals surface area contributed by atoms with Crippen LogP contribution in [0.3, 0.4) is 0 Å². The minimum Gasteiger partial charge on any atom is -0.435 e. The number of anilines is 1. The van der Waals surface area contributed by atoms with Crippen LogP contribution in [0.2, 0.25) is 0 Å². The van der Waals surface area contributed by atoms with Gasteiger partial charge in [0.2, 0.25) is 11.8 Å². The fourth-order valence-electron chi connectivity index (χ4n) is 2.53. The standard InChI is InChI=1S/C16H20F2N2O3/c1-10(2)8-20-9-11(7-14(20)21)15(22)19-12-3-5-13(6-4-12)23-16(17)18/h3-6,10-11,16H,7-9H2,1-2H3,(H,19,22). The Morgan fingerprint density at radius 2 is 2.00 bits per heavy atom. The lowest BCUT2D eigenvalue weighted by atomic mass is 10.1. The number of alkyl halides is 2. The summed E-state index contributed by atoms with van der Waals surface area (Å²) in [6.07, 6.45) is 0.200. The largest absolute Gasteiger partial charge is 0.435 e. The van der Waals surface area contributed by atoms with Crippen LogP contribution in [0.4, 0.5) is 14.5 Å². The summed E-state index contributed by atoms with van der Waals surface area (Å²) in [6.45, 7) is 2.21. The molecule has 0 spiro atoms. The van der Waals surface area contributed by atoms with Crippen molar-refractivity contribution in [3.63, 3.8) is 0 Å². The van der Waals surface area contributed by atoms with Crippen molar-refractivity contribution in [1.29, 1.82) is 0 Å². The monoisotopic (exact) mass is 326 g/mol. The molecule has 1 saturated heterocycles. The molecular weight excluding hydrogens is 306 g/mol. The summed E-state index contributed by atoms with van der Waals surface area (Å²) < 4.78 is 28.4. The molecular formula is C16H20F2N2O3. The lowest BCUT2D eigenvalue weighted by Crippen LogP contribution is -2.31. The predicted molar refractivity (Wildman–Crippen MR) is 81.2 cm³/mol. The Morgan fingerprint density at radius 1 is 1.35 bits per heavy atom. The van der Waals surface area contributed by atoms with Gasteiger partial charge in [-0.25, -0.2) is 0 Å². The van der Waals surface area contributed by atoms with E-state index in [-0.39, 0.29) is 24.0 Å². The van der Waals surface area contributed by atoms with Gasteiger partial charge in [-0.15, -0.1) is 0 Å². The summed E-state index contributed by atoms with van der Waals surface area (Å²) in [7, 11) is 0. The molecule has 0 aromatic heterocycles. The van der Waals surface area contributed by atoms with Crippen molar-refractivity contribution in [3.05, 3.63) is 24.3 Å². The molecule has 0 aliphatic carbocycles. The highest BCUT2D eigenvalue weighted by molar-refractivity contribution is 5.97. The predicted octanol–water partition coefficient (Wildman–Crippen LogP) is 2.73. The third-order valence-corrected chi connectivity index (χ3v) is 3.52. The Balaban J connectivity index is 1.91. The topological polar surface area (TPSA) is 58.6 Å². The molecule has 1 N–H and O–H groups in total. The zero-order chi connectivity index (χ0) is 17.0. The molecule has 2 amide bonds. The van der Waals surface area contributed by atoms with Crippen LogP contribution >= 0.6 is 0 Å². The Morgan fingerprint density at radius 3 is 2.57 bits per heavy atom. The molecule has 1 aliphatic heterocycles. The molecule has 0 bridgehead atoms. The SMILES string of the molecule is CC(C)CN1CC(C(=O)Nc2ccc(OC(F)F)cc2)CC1=O. The number of nitrogens with one attached hydrogen (secondary N) is 1. The maximum atomic E-state index is 12.2. The average Bonchev–Trinajstić information content (AvgIpc) is 2.81. The molecule has 5 nitrogen and oxygen atoms in total. The molecule has 1 aromatic carbocycles. The molecule has 1 atom stereocenters. The number of nitrogens with zero attached hydrogens (tertiary/aromatic N) is 1. The molecule has 126 valence electrons. The van der Waals surface area contributed by atoms with Crippen LogP contribution in [0.5, 0.6) is 5.75 Å². The highest BCUT2D eigenvalue weighted by Gasteiger charge is 2.34. The van der Waals surface area contributed by atoms with E-state index in [1.807, 2.05) is 13.8 Å². The number of halogens is 2. The van der Waals surface area contributed by atoms with Crippen LogP contribution in [-0.2, 0) is 9.59 Å². The van der Waals surface area contributed by atoms with E-state index in [1.54, 1.807) is 4.90 Å². The normalized spacial score (nSPS) is 17.9. The van der Waals surface area contributed by atoms with Crippen LogP contribution in [0.15, 0.2) is 24.3 Å². The van der Waals surface area contributed by atoms with Gasteiger partial charge in [0.15, 0.2) is 0 Å². The number of likely N-dealkylation sites (tertiary alicyclic amines) is 1. The summed E-state index contributed by atoms with van der Waals surface area (Å²) in [5.74, 6) is -0.273. The summed E-state index contributed by atoms with van der Waals surface area (Å²) in [5.41, 5.74) is 0.478. The van der Waals surface area contributed by atoms with Crippen LogP contribution in [0.1, 0.15) is 20.3 Å². The second-order valence-electron chi connectivity index (χ2n) is 5.99. The third kappa shape index (κ3) is 4.91. The first-order valence-electron chi connectivity index (χ1n) is 7.48. The molecule has 1 aromatic rings. The maximum absolute atomic E-state index is 12.2. The first kappa shape index (κ1) is 17.2. The van der Waals surface area contributed by atoms with Crippen molar-refractivity contribution >= 4 is 17.5 Å². The molecule has 0 radical (unpaired) electrons. The molecule has 2 rings (SSSR count). The van der Waals surface area contributed by atoms with Crippen LogP contribution < -0.4 is 10.1 Å². The van der Waals surface area contributed by atoms with Gasteiger partial charge in [-0.2, -0.15) is 8.78 Å². The molecule has 23 heavy (non-hydrogen) atoms. The Hall–Kier alpha value is -2.18. The van der Waals surface area contributed by atoms with Crippen molar-refractivity contribution in [2.24, 2.45) is 11.8 Å². The van der Waals surface area contributed by atoms with Crippen molar-refractivity contribution in [2.45, 2.75) is 26.9 Å². The summed E-state index contributed by atoms with van der Waals surface area (Å²) >= 11 is 0. The Bertz CT molecular complexity index is 561. The number of carbonyl (C=O) groups excluding carboxylic acids is 2. The maximum Gasteiger partial charge on any atom is 0.387 e. The Kier molecular flexibility index (Phi) is 5.52. The van der Waals surface area contributed by atoms with Gasteiger partial charge in [0, 0.05) is 25.2 Å². The van der Waals surface area contributed by atoms with Crippen LogP contribution in [0, 0.1) is 11.8 Å². The van der Waals surface area contributed by atoms with Gasteiger partial charge in [-0.1, -0.05) is 13.8 Å². The number of rotatable bonds is 6. The van der Waals surface area contributed by atoms with Crippen molar-refractivity contribution in [2.75, 3.05) is 18.4 Å². The average molecular weight is 326 g/mol. The number of hydrogen-bond acceptors (Lipinski definition) is 3. The number of hydrogen-bond donors (Lipinski definition) is 1. The highest BCUT2D eigenvalue weighted by Crippen LogP contribution is 2.22. The van der Waals surface area contributed by atoms with E-state index < -0.39 is 12.5 Å². The van der Waals surface area contributed by atoms with Crippen molar-refractivity contribution < 1.29 is 23.1 Å². The number of ether oxygens (including phenoxy) is 1. The van der Waals surface area contributed by atoms with Gasteiger partial charge < -0.3 is 15.0 Å². The fourth-order valence-corrected chi connectivity index (χ4v) is 2.53. The van der Waals surface area contributed by atoms with Gasteiger partial charge in [0.1, 0.15) is 5.75 Å². The van der Waals surface area contributed by atoms with E-state index in [0.29, 0.717) is 24.7 Å². The molecule has 7 heteroatoms. The third-order valence-electron chi connectivity index (χ3n) is 3.52. The van der Waals surface area contributed by atoms with Gasteiger partial charge in [-0.05, 0) is 30.2 Å². The first-order valence-corrected chi connectivity index (χ1v) is 7.48. The fraction of sp³-hybridized carbons (Fsp3) is 0.500. The zero-order valence-electron chi connectivity index (χ0n) is 13.1. The Labute approximate surface area is 133 Å². The number of benzene rings is 1. The smallest absolute Gasteiger partial charge is 0.387 e. The van der Waals surface area contributed by atoms with E-state index in [4.69, 9.17) is 0 Å². The quantitative estimate of drug-likeness (QED) is 0.874. The molecule has 0 saturated carbocycles. The summed E-state index contributed by atoms with van der Waals surface area (Å²) in [4.78, 5) is 25.8. The highest BCUT2D eigenvalue weighted by atomic mass is 19.3. The van der Waals surface area contributed by atoms with Gasteiger partial charge in [0.05, 0.1) is 5.92 Å². The summed E-state index contributed by atoms with van der Waals surface area (Å²) in [6, 6.07) is 5.68. The lowest BCUT2D eigenvalue weighted by molar-refractivity contribution is -0.128. The van der Waals surface area contributed by atoms with E-state index in [2.05, 4.69) is 10.1 Å². The second kappa shape index (κ2) is 7.39. The van der Waals surface area contributed by atoms with Crippen LogP contribution in [0.25, 0.3) is 0 Å². The first-order chi connectivity index (χ1) is 10.8. The van der Waals surface area contributed by atoms with E-state index >= 15 is 0 Å². The van der Waals surface area contributed by atoms with E-state index in [1.165, 1.54) is 24.3 Å². The van der Waals surface area contributed by atoms with E-state index in [0.717, 1.165) is 0 Å². The zero-order valence-corrected chi connectivity index (χ0v) is 13.1. The molecule has 1 aliphatic rings. The second-order valence-corrected chi connectivity index (χ2v) is 5.99. The van der Waals surface area contributed by atoms with Gasteiger partial charge >= 0.3 is 6.61 Å². The lowest BCUT2D eigenvalue weighted by Gasteiger charge is -2.18. The van der Waals surface area contributed by atoms with Gasteiger partial charge in [-0.3, -0.25) is 9.59 Å². The van der Waals surface area contributed by atoms with Crippen molar-refractivity contribution in [3.8, 4) is 5.75 Å². The van der Waals surface area contributed by atoms with Crippen molar-refractivity contribution in [1.82, 2.24) is 4.90 Å². The minimum atomic E-state index is -2.88. The minimum absolute atomic E-state index is 0.0143. The van der Waals surface area contributed by atoms with Gasteiger partial charge in [0.25, 0.3) is 0 Å². The number of amides is 2. The van der Waals surface area contributed by atoms with Crippen LogP contribution in [-0.4, -0.2) is 36.4 Å². The van der Waals surface area contributed by atoms with E-state index in [9.17, 15) is 18.4 Å².